The minimum absolute atomic E-state index is 0.00765. The van der Waals surface area contributed by atoms with Gasteiger partial charge in [0.15, 0.2) is 5.78 Å². The zero-order valence-corrected chi connectivity index (χ0v) is 14.7. The van der Waals surface area contributed by atoms with Gasteiger partial charge in [-0.05, 0) is 29.0 Å². The smallest absolute Gasteiger partial charge is 0.193 e. The maximum atomic E-state index is 13.2. The number of benzene rings is 4. The van der Waals surface area contributed by atoms with Crippen LogP contribution in [0.1, 0.15) is 15.9 Å². The van der Waals surface area contributed by atoms with Crippen molar-refractivity contribution in [2.24, 2.45) is 0 Å². The fourth-order valence-electron chi connectivity index (χ4n) is 3.68. The second kappa shape index (κ2) is 5.99. The SMILES string of the molecule is COc1ccc2c(c1)oc1cc(C(=O)c3ccccc3)c3ccccc3c12. The topological polar surface area (TPSA) is 39.4 Å². The summed E-state index contributed by atoms with van der Waals surface area (Å²) in [6.45, 7) is 0. The zero-order valence-electron chi connectivity index (χ0n) is 14.7. The third-order valence-electron chi connectivity index (χ3n) is 4.97. The van der Waals surface area contributed by atoms with Gasteiger partial charge in [-0.3, -0.25) is 4.79 Å². The van der Waals surface area contributed by atoms with E-state index in [1.807, 2.05) is 78.9 Å². The van der Waals surface area contributed by atoms with Crippen LogP contribution in [0.15, 0.2) is 83.3 Å². The molecule has 0 fully saturated rings. The Morgan fingerprint density at radius 1 is 0.778 bits per heavy atom. The number of hydrogen-bond donors (Lipinski definition) is 0. The van der Waals surface area contributed by atoms with Crippen LogP contribution in [0.5, 0.6) is 5.75 Å². The Hall–Kier alpha value is -3.59. The van der Waals surface area contributed by atoms with Gasteiger partial charge < -0.3 is 9.15 Å². The van der Waals surface area contributed by atoms with E-state index in [0.717, 1.165) is 32.9 Å². The molecule has 1 aromatic heterocycles. The van der Waals surface area contributed by atoms with Crippen LogP contribution in [0, 0.1) is 0 Å². The van der Waals surface area contributed by atoms with Gasteiger partial charge >= 0.3 is 0 Å². The summed E-state index contributed by atoms with van der Waals surface area (Å²) in [5.41, 5.74) is 2.77. The van der Waals surface area contributed by atoms with Gasteiger partial charge in [0.2, 0.25) is 0 Å². The van der Waals surface area contributed by atoms with Crippen LogP contribution in [0.2, 0.25) is 0 Å². The lowest BCUT2D eigenvalue weighted by atomic mass is 9.94. The fraction of sp³-hybridized carbons (Fsp3) is 0.0417. The second-order valence-corrected chi connectivity index (χ2v) is 6.50. The van der Waals surface area contributed by atoms with Crippen molar-refractivity contribution in [1.82, 2.24) is 0 Å². The van der Waals surface area contributed by atoms with E-state index in [4.69, 9.17) is 9.15 Å². The van der Waals surface area contributed by atoms with Crippen molar-refractivity contribution in [3.63, 3.8) is 0 Å². The third kappa shape index (κ3) is 2.40. The van der Waals surface area contributed by atoms with E-state index >= 15 is 0 Å². The van der Waals surface area contributed by atoms with Gasteiger partial charge in [0.1, 0.15) is 16.9 Å². The molecule has 130 valence electrons. The van der Waals surface area contributed by atoms with Crippen molar-refractivity contribution in [3.05, 3.63) is 90.0 Å². The van der Waals surface area contributed by atoms with Crippen LogP contribution in [0.25, 0.3) is 32.7 Å². The van der Waals surface area contributed by atoms with Crippen molar-refractivity contribution in [2.45, 2.75) is 0 Å². The Kier molecular flexibility index (Phi) is 3.47. The van der Waals surface area contributed by atoms with Crippen molar-refractivity contribution in [2.75, 3.05) is 7.11 Å². The molecule has 0 amide bonds. The summed E-state index contributed by atoms with van der Waals surface area (Å²) in [5.74, 6) is 0.734. The molecule has 27 heavy (non-hydrogen) atoms. The highest BCUT2D eigenvalue weighted by atomic mass is 16.5. The number of carbonyl (C=O) groups excluding carboxylic acids is 1. The molecular formula is C24H16O3. The predicted molar refractivity (Wildman–Crippen MR) is 108 cm³/mol. The number of ketones is 1. The maximum Gasteiger partial charge on any atom is 0.193 e. The number of hydrogen-bond acceptors (Lipinski definition) is 3. The summed E-state index contributed by atoms with van der Waals surface area (Å²) in [6, 6.07) is 25.0. The lowest BCUT2D eigenvalue weighted by Gasteiger charge is -2.07. The number of furan rings is 1. The van der Waals surface area contributed by atoms with E-state index in [1.165, 1.54) is 0 Å². The van der Waals surface area contributed by atoms with Gasteiger partial charge in [0, 0.05) is 28.0 Å². The molecule has 0 radical (unpaired) electrons. The first kappa shape index (κ1) is 15.6. The number of ether oxygens (including phenoxy) is 1. The Labute approximate surface area is 155 Å². The first-order chi connectivity index (χ1) is 13.3. The van der Waals surface area contributed by atoms with Gasteiger partial charge in [-0.15, -0.1) is 0 Å². The summed E-state index contributed by atoms with van der Waals surface area (Å²) in [5, 5.41) is 3.98. The van der Waals surface area contributed by atoms with E-state index in [-0.39, 0.29) is 5.78 Å². The van der Waals surface area contributed by atoms with E-state index in [2.05, 4.69) is 0 Å². The first-order valence-corrected chi connectivity index (χ1v) is 8.78. The molecule has 0 unspecified atom stereocenters. The standard InChI is InChI=1S/C24H16O3/c1-26-16-11-12-19-21(13-16)27-22-14-20(24(25)15-7-3-2-4-8-15)17-9-5-6-10-18(17)23(19)22/h2-14H,1H3. The quantitative estimate of drug-likeness (QED) is 0.375. The minimum atomic E-state index is -0.00765. The van der Waals surface area contributed by atoms with E-state index in [1.54, 1.807) is 7.11 Å². The Balaban J connectivity index is 1.86. The number of methoxy groups -OCH3 is 1. The summed E-state index contributed by atoms with van der Waals surface area (Å²) >= 11 is 0. The Morgan fingerprint density at radius 3 is 2.30 bits per heavy atom. The number of fused-ring (bicyclic) bond motifs is 5. The second-order valence-electron chi connectivity index (χ2n) is 6.50. The van der Waals surface area contributed by atoms with E-state index in [0.29, 0.717) is 16.7 Å². The van der Waals surface area contributed by atoms with Gasteiger partial charge in [-0.1, -0.05) is 54.6 Å². The van der Waals surface area contributed by atoms with Crippen molar-refractivity contribution < 1.29 is 13.9 Å². The molecule has 4 aromatic carbocycles. The molecule has 0 aliphatic carbocycles. The lowest BCUT2D eigenvalue weighted by molar-refractivity contribution is 0.104. The molecule has 0 saturated heterocycles. The highest BCUT2D eigenvalue weighted by Gasteiger charge is 2.18. The Bertz CT molecular complexity index is 1310. The summed E-state index contributed by atoms with van der Waals surface area (Å²) in [7, 11) is 1.63. The monoisotopic (exact) mass is 352 g/mol. The van der Waals surface area contributed by atoms with E-state index < -0.39 is 0 Å². The van der Waals surface area contributed by atoms with Crippen LogP contribution in [0.4, 0.5) is 0 Å². The van der Waals surface area contributed by atoms with E-state index in [9.17, 15) is 4.79 Å². The maximum absolute atomic E-state index is 13.2. The average Bonchev–Trinajstić information content (AvgIpc) is 3.11. The Morgan fingerprint density at radius 2 is 1.52 bits per heavy atom. The molecular weight excluding hydrogens is 336 g/mol. The lowest BCUT2D eigenvalue weighted by Crippen LogP contribution is -2.02. The number of rotatable bonds is 3. The van der Waals surface area contributed by atoms with Crippen molar-refractivity contribution in [3.8, 4) is 5.75 Å². The molecule has 5 rings (SSSR count). The molecule has 0 aliphatic heterocycles. The van der Waals surface area contributed by atoms with Gasteiger partial charge in [0.25, 0.3) is 0 Å². The van der Waals surface area contributed by atoms with Crippen LogP contribution >= 0.6 is 0 Å². The van der Waals surface area contributed by atoms with Crippen molar-refractivity contribution >= 4 is 38.5 Å². The molecule has 0 atom stereocenters. The summed E-state index contributed by atoms with van der Waals surface area (Å²) in [6.07, 6.45) is 0. The molecule has 0 bridgehead atoms. The van der Waals surface area contributed by atoms with Crippen LogP contribution in [-0.4, -0.2) is 12.9 Å². The molecule has 1 heterocycles. The molecule has 0 aliphatic rings. The minimum Gasteiger partial charge on any atom is -0.497 e. The predicted octanol–water partition coefficient (Wildman–Crippen LogP) is 5.98. The molecule has 0 N–H and O–H groups in total. The highest BCUT2D eigenvalue weighted by Crippen LogP contribution is 2.38. The molecule has 5 aromatic rings. The van der Waals surface area contributed by atoms with Crippen LogP contribution in [-0.2, 0) is 0 Å². The van der Waals surface area contributed by atoms with Gasteiger partial charge in [0.05, 0.1) is 7.11 Å². The first-order valence-electron chi connectivity index (χ1n) is 8.78. The molecule has 0 saturated carbocycles. The molecule has 3 nitrogen and oxygen atoms in total. The molecule has 0 spiro atoms. The van der Waals surface area contributed by atoms with Crippen LogP contribution < -0.4 is 4.74 Å². The fourth-order valence-corrected chi connectivity index (χ4v) is 3.68. The number of carbonyl (C=O) groups is 1. The normalized spacial score (nSPS) is 11.3. The summed E-state index contributed by atoms with van der Waals surface area (Å²) < 4.78 is 11.4. The van der Waals surface area contributed by atoms with Gasteiger partial charge in [-0.2, -0.15) is 0 Å². The van der Waals surface area contributed by atoms with Crippen molar-refractivity contribution in [1.29, 1.82) is 0 Å². The van der Waals surface area contributed by atoms with Gasteiger partial charge in [-0.25, -0.2) is 0 Å². The highest BCUT2D eigenvalue weighted by molar-refractivity contribution is 6.26. The average molecular weight is 352 g/mol. The zero-order chi connectivity index (χ0) is 18.4. The van der Waals surface area contributed by atoms with Crippen LogP contribution in [0.3, 0.4) is 0 Å². The molecule has 3 heteroatoms. The largest absolute Gasteiger partial charge is 0.497 e. The summed E-state index contributed by atoms with van der Waals surface area (Å²) in [4.78, 5) is 13.2. The third-order valence-corrected chi connectivity index (χ3v) is 4.97.